The molecule has 1 saturated heterocycles. The molecule has 1 N–H and O–H groups in total. The molecule has 0 aliphatic carbocycles. The Bertz CT molecular complexity index is 132. The molecule has 1 heterocycles. The van der Waals surface area contributed by atoms with E-state index in [0.29, 0.717) is 12.6 Å². The topological polar surface area (TPSA) is 23.5 Å². The number of piperidine rings is 1. The van der Waals surface area contributed by atoms with Gasteiger partial charge in [-0.05, 0) is 44.4 Å². The normalized spacial score (nSPS) is 24.9. The Morgan fingerprint density at radius 3 is 3.00 bits per heavy atom. The molecule has 0 aromatic rings. The lowest BCUT2D eigenvalue weighted by molar-refractivity contribution is 0.0907. The first-order valence-electron chi connectivity index (χ1n) is 5.22. The molecule has 0 bridgehead atoms. The number of hydrogen-bond acceptors (Lipinski definition) is 3. The molecule has 0 spiro atoms. The maximum atomic E-state index is 9.17. The quantitative estimate of drug-likeness (QED) is 0.686. The van der Waals surface area contributed by atoms with Gasteiger partial charge in [-0.3, -0.25) is 4.90 Å². The molecular weight excluding hydrogens is 182 g/mol. The van der Waals surface area contributed by atoms with Crippen molar-refractivity contribution in [3.63, 3.8) is 0 Å². The average molecular weight is 203 g/mol. The monoisotopic (exact) mass is 203 g/mol. The summed E-state index contributed by atoms with van der Waals surface area (Å²) in [6.07, 6.45) is 7.22. The lowest BCUT2D eigenvalue weighted by Crippen LogP contribution is -2.42. The average Bonchev–Trinajstić information content (AvgIpc) is 2.19. The van der Waals surface area contributed by atoms with Crippen LogP contribution in [-0.4, -0.2) is 47.8 Å². The predicted molar refractivity (Wildman–Crippen MR) is 59.3 cm³/mol. The highest BCUT2D eigenvalue weighted by Crippen LogP contribution is 2.16. The molecule has 3 heteroatoms. The van der Waals surface area contributed by atoms with Gasteiger partial charge in [0.25, 0.3) is 0 Å². The number of rotatable bonds is 5. The Balaban J connectivity index is 2.19. The summed E-state index contributed by atoms with van der Waals surface area (Å²) >= 11 is 1.91. The molecule has 1 aliphatic heterocycles. The molecule has 0 radical (unpaired) electrons. The van der Waals surface area contributed by atoms with Gasteiger partial charge in [0.1, 0.15) is 0 Å². The van der Waals surface area contributed by atoms with Crippen molar-refractivity contribution in [2.45, 2.75) is 31.7 Å². The van der Waals surface area contributed by atoms with Gasteiger partial charge in [-0.1, -0.05) is 6.42 Å². The van der Waals surface area contributed by atoms with E-state index in [1.54, 1.807) is 0 Å². The SMILES string of the molecule is CSCCCN1CCCCC1CO. The number of aliphatic hydroxyl groups excluding tert-OH is 1. The lowest BCUT2D eigenvalue weighted by atomic mass is 10.0. The molecule has 2 nitrogen and oxygen atoms in total. The van der Waals surface area contributed by atoms with E-state index in [2.05, 4.69) is 11.2 Å². The Kier molecular flexibility index (Phi) is 5.83. The molecule has 0 aromatic carbocycles. The molecule has 13 heavy (non-hydrogen) atoms. The van der Waals surface area contributed by atoms with Crippen LogP contribution in [0.2, 0.25) is 0 Å². The van der Waals surface area contributed by atoms with E-state index in [-0.39, 0.29) is 0 Å². The summed E-state index contributed by atoms with van der Waals surface area (Å²) in [6.45, 7) is 2.71. The van der Waals surface area contributed by atoms with Crippen LogP contribution in [0.25, 0.3) is 0 Å². The van der Waals surface area contributed by atoms with Crippen LogP contribution < -0.4 is 0 Å². The highest BCUT2D eigenvalue weighted by atomic mass is 32.2. The van der Waals surface area contributed by atoms with Crippen LogP contribution in [0, 0.1) is 0 Å². The van der Waals surface area contributed by atoms with Gasteiger partial charge in [0.15, 0.2) is 0 Å². The third-order valence-electron chi connectivity index (χ3n) is 2.75. The molecule has 1 fully saturated rings. The Morgan fingerprint density at radius 2 is 2.31 bits per heavy atom. The largest absolute Gasteiger partial charge is 0.395 e. The lowest BCUT2D eigenvalue weighted by Gasteiger charge is -2.34. The zero-order valence-electron chi connectivity index (χ0n) is 8.54. The van der Waals surface area contributed by atoms with Crippen LogP contribution in [-0.2, 0) is 0 Å². The highest BCUT2D eigenvalue weighted by Gasteiger charge is 2.20. The maximum Gasteiger partial charge on any atom is 0.0586 e. The first kappa shape index (κ1) is 11.3. The summed E-state index contributed by atoms with van der Waals surface area (Å²) in [7, 11) is 0. The number of hydrogen-bond donors (Lipinski definition) is 1. The first-order valence-corrected chi connectivity index (χ1v) is 6.61. The molecule has 1 rings (SSSR count). The van der Waals surface area contributed by atoms with Gasteiger partial charge in [0, 0.05) is 6.04 Å². The number of likely N-dealkylation sites (tertiary alicyclic amines) is 1. The molecule has 1 aliphatic rings. The van der Waals surface area contributed by atoms with E-state index >= 15 is 0 Å². The molecule has 0 saturated carbocycles. The van der Waals surface area contributed by atoms with E-state index < -0.39 is 0 Å². The van der Waals surface area contributed by atoms with Crippen molar-refractivity contribution in [1.82, 2.24) is 4.90 Å². The molecule has 0 aromatic heterocycles. The van der Waals surface area contributed by atoms with Crippen molar-refractivity contribution >= 4 is 11.8 Å². The number of thioether (sulfide) groups is 1. The summed E-state index contributed by atoms with van der Waals surface area (Å²) < 4.78 is 0. The van der Waals surface area contributed by atoms with Gasteiger partial charge in [-0.25, -0.2) is 0 Å². The molecule has 0 amide bonds. The van der Waals surface area contributed by atoms with Crippen LogP contribution in [0.15, 0.2) is 0 Å². The van der Waals surface area contributed by atoms with Crippen LogP contribution in [0.5, 0.6) is 0 Å². The van der Waals surface area contributed by atoms with Gasteiger partial charge < -0.3 is 5.11 Å². The second-order valence-electron chi connectivity index (χ2n) is 3.71. The molecule has 78 valence electrons. The Hall–Kier alpha value is 0.270. The summed E-state index contributed by atoms with van der Waals surface area (Å²) in [5, 5.41) is 9.17. The highest BCUT2D eigenvalue weighted by molar-refractivity contribution is 7.98. The first-order chi connectivity index (χ1) is 6.38. The fourth-order valence-electron chi connectivity index (χ4n) is 1.97. The summed E-state index contributed by atoms with van der Waals surface area (Å²) in [4.78, 5) is 2.46. The van der Waals surface area contributed by atoms with E-state index in [0.717, 1.165) is 0 Å². The summed E-state index contributed by atoms with van der Waals surface area (Å²) in [5.41, 5.74) is 0. The maximum absolute atomic E-state index is 9.17. The Labute approximate surface area is 85.7 Å². The van der Waals surface area contributed by atoms with Crippen molar-refractivity contribution in [3.05, 3.63) is 0 Å². The summed E-state index contributed by atoms with van der Waals surface area (Å²) in [6, 6.07) is 0.454. The van der Waals surface area contributed by atoms with Crippen molar-refractivity contribution in [1.29, 1.82) is 0 Å². The Morgan fingerprint density at radius 1 is 1.46 bits per heavy atom. The third-order valence-corrected chi connectivity index (χ3v) is 3.45. The minimum absolute atomic E-state index is 0.346. The van der Waals surface area contributed by atoms with Crippen molar-refractivity contribution in [2.75, 3.05) is 31.7 Å². The van der Waals surface area contributed by atoms with E-state index in [1.807, 2.05) is 11.8 Å². The predicted octanol–water partition coefficient (Wildman–Crippen LogP) is 1.59. The van der Waals surface area contributed by atoms with E-state index in [9.17, 15) is 5.11 Å². The van der Waals surface area contributed by atoms with Crippen molar-refractivity contribution in [3.8, 4) is 0 Å². The van der Waals surface area contributed by atoms with Crippen LogP contribution in [0.3, 0.4) is 0 Å². The summed E-state index contributed by atoms with van der Waals surface area (Å²) in [5.74, 6) is 1.24. The van der Waals surface area contributed by atoms with Crippen LogP contribution in [0.4, 0.5) is 0 Å². The van der Waals surface area contributed by atoms with Crippen molar-refractivity contribution in [2.24, 2.45) is 0 Å². The zero-order valence-corrected chi connectivity index (χ0v) is 9.35. The van der Waals surface area contributed by atoms with Gasteiger partial charge in [0.05, 0.1) is 6.61 Å². The van der Waals surface area contributed by atoms with Gasteiger partial charge in [0.2, 0.25) is 0 Å². The van der Waals surface area contributed by atoms with Gasteiger partial charge in [-0.2, -0.15) is 11.8 Å². The second-order valence-corrected chi connectivity index (χ2v) is 4.70. The number of aliphatic hydroxyl groups is 1. The standard InChI is InChI=1S/C10H21NOS/c1-13-8-4-7-11-6-3-2-5-10(11)9-12/h10,12H,2-9H2,1H3. The van der Waals surface area contributed by atoms with Crippen LogP contribution >= 0.6 is 11.8 Å². The van der Waals surface area contributed by atoms with E-state index in [1.165, 1.54) is 44.5 Å². The number of nitrogens with zero attached hydrogens (tertiary/aromatic N) is 1. The van der Waals surface area contributed by atoms with Crippen molar-refractivity contribution < 1.29 is 5.11 Å². The van der Waals surface area contributed by atoms with Gasteiger partial charge >= 0.3 is 0 Å². The zero-order chi connectivity index (χ0) is 9.52. The fourth-order valence-corrected chi connectivity index (χ4v) is 2.39. The third kappa shape index (κ3) is 3.88. The van der Waals surface area contributed by atoms with Gasteiger partial charge in [-0.15, -0.1) is 0 Å². The molecular formula is C10H21NOS. The minimum atomic E-state index is 0.346. The van der Waals surface area contributed by atoms with E-state index in [4.69, 9.17) is 0 Å². The molecule has 1 atom stereocenters. The smallest absolute Gasteiger partial charge is 0.0586 e. The second kappa shape index (κ2) is 6.68. The minimum Gasteiger partial charge on any atom is -0.395 e. The van der Waals surface area contributed by atoms with Crippen LogP contribution in [0.1, 0.15) is 25.7 Å². The molecule has 1 unspecified atom stereocenters. The fraction of sp³-hybridized carbons (Fsp3) is 1.00.